The Labute approximate surface area is 191 Å². The first kappa shape index (κ1) is 24.2. The Bertz CT molecular complexity index is 1120. The molecule has 1 aromatic heterocycles. The average Bonchev–Trinajstić information content (AvgIpc) is 3.20. The largest absolute Gasteiger partial charge is 0.507 e. The van der Waals surface area contributed by atoms with E-state index in [1.54, 1.807) is 13.8 Å². The standard InChI is InChI=1S/C24H28FN3O5/c1-13-17(14(2)26-19(13)24(32)33-5)21(29)18-20(15-7-9-16(25)10-8-15)28(23(31)22(18)30)12-6-11-27(3)4/h7-10,20,26,29H,6,11-12H2,1-5H3/b21-18+/t20-/m1/s1. The molecule has 1 amide bonds. The van der Waals surface area contributed by atoms with Crippen LogP contribution in [0.15, 0.2) is 29.8 Å². The van der Waals surface area contributed by atoms with Crippen molar-refractivity contribution in [3.05, 3.63) is 63.7 Å². The number of aryl methyl sites for hydroxylation is 1. The van der Waals surface area contributed by atoms with E-state index in [-0.39, 0.29) is 29.1 Å². The number of aromatic amines is 1. The molecule has 2 aromatic rings. The summed E-state index contributed by atoms with van der Waals surface area (Å²) in [4.78, 5) is 44.4. The zero-order valence-corrected chi connectivity index (χ0v) is 19.4. The molecule has 0 unspecified atom stereocenters. The second kappa shape index (κ2) is 9.58. The van der Waals surface area contributed by atoms with Crippen LogP contribution in [0.4, 0.5) is 4.39 Å². The highest BCUT2D eigenvalue weighted by atomic mass is 19.1. The lowest BCUT2D eigenvalue weighted by atomic mass is 9.94. The third kappa shape index (κ3) is 4.54. The molecule has 1 saturated heterocycles. The minimum absolute atomic E-state index is 0.0990. The predicted octanol–water partition coefficient (Wildman–Crippen LogP) is 2.93. The van der Waals surface area contributed by atoms with Gasteiger partial charge in [0.05, 0.1) is 18.7 Å². The molecule has 2 heterocycles. The molecular weight excluding hydrogens is 429 g/mol. The van der Waals surface area contributed by atoms with Gasteiger partial charge in [0.1, 0.15) is 17.3 Å². The number of benzene rings is 1. The van der Waals surface area contributed by atoms with Crippen LogP contribution in [-0.2, 0) is 14.3 Å². The monoisotopic (exact) mass is 457 g/mol. The number of ether oxygens (including phenoxy) is 1. The van der Waals surface area contributed by atoms with E-state index in [1.807, 2.05) is 19.0 Å². The van der Waals surface area contributed by atoms with Gasteiger partial charge < -0.3 is 24.6 Å². The minimum Gasteiger partial charge on any atom is -0.507 e. The minimum atomic E-state index is -0.886. The van der Waals surface area contributed by atoms with Gasteiger partial charge >= 0.3 is 5.97 Å². The number of aliphatic hydroxyl groups excluding tert-OH is 1. The molecule has 0 radical (unpaired) electrons. The number of rotatable bonds is 7. The van der Waals surface area contributed by atoms with Crippen molar-refractivity contribution < 1.29 is 28.6 Å². The number of aromatic nitrogens is 1. The van der Waals surface area contributed by atoms with Crippen molar-refractivity contribution in [3.63, 3.8) is 0 Å². The van der Waals surface area contributed by atoms with Gasteiger partial charge in [-0.05, 0) is 64.2 Å². The van der Waals surface area contributed by atoms with E-state index in [9.17, 15) is 23.9 Å². The van der Waals surface area contributed by atoms with Gasteiger partial charge in [0, 0.05) is 17.8 Å². The normalized spacial score (nSPS) is 17.8. The zero-order chi connectivity index (χ0) is 24.4. The third-order valence-corrected chi connectivity index (χ3v) is 5.79. The van der Waals surface area contributed by atoms with E-state index < -0.39 is 29.5 Å². The first-order valence-corrected chi connectivity index (χ1v) is 10.5. The SMILES string of the molecule is COC(=O)c1[nH]c(C)c(/C(O)=C2\C(=O)C(=O)N(CCCN(C)C)[C@@H]2c2ccc(F)cc2)c1C. The summed E-state index contributed by atoms with van der Waals surface area (Å²) in [6, 6.07) is 4.60. The Morgan fingerprint density at radius 1 is 1.21 bits per heavy atom. The number of likely N-dealkylation sites (tertiary alicyclic amines) is 1. The summed E-state index contributed by atoms with van der Waals surface area (Å²) in [7, 11) is 5.05. The van der Waals surface area contributed by atoms with Gasteiger partial charge in [-0.15, -0.1) is 0 Å². The quantitative estimate of drug-likeness (QED) is 0.287. The summed E-state index contributed by atoms with van der Waals surface area (Å²) < 4.78 is 18.4. The maximum Gasteiger partial charge on any atom is 0.354 e. The zero-order valence-electron chi connectivity index (χ0n) is 19.4. The number of aliphatic hydroxyl groups is 1. The molecule has 9 heteroatoms. The van der Waals surface area contributed by atoms with E-state index in [0.29, 0.717) is 29.8 Å². The van der Waals surface area contributed by atoms with Gasteiger partial charge in [0.25, 0.3) is 11.7 Å². The number of H-pyrrole nitrogens is 1. The van der Waals surface area contributed by atoms with Crippen molar-refractivity contribution in [3.8, 4) is 0 Å². The predicted molar refractivity (Wildman–Crippen MR) is 120 cm³/mol. The maximum absolute atomic E-state index is 13.6. The van der Waals surface area contributed by atoms with Crippen LogP contribution in [0.1, 0.15) is 45.3 Å². The molecule has 33 heavy (non-hydrogen) atoms. The lowest BCUT2D eigenvalue weighted by Crippen LogP contribution is -2.32. The summed E-state index contributed by atoms with van der Waals surface area (Å²) in [6.45, 7) is 4.23. The van der Waals surface area contributed by atoms with Crippen molar-refractivity contribution in [1.82, 2.24) is 14.8 Å². The highest BCUT2D eigenvalue weighted by molar-refractivity contribution is 6.46. The van der Waals surface area contributed by atoms with E-state index in [1.165, 1.54) is 36.3 Å². The molecule has 8 nitrogen and oxygen atoms in total. The number of hydrogen-bond acceptors (Lipinski definition) is 6. The fourth-order valence-corrected chi connectivity index (χ4v) is 4.21. The van der Waals surface area contributed by atoms with Crippen molar-refractivity contribution in [2.45, 2.75) is 26.3 Å². The first-order chi connectivity index (χ1) is 15.6. The molecular formula is C24H28FN3O5. The molecule has 1 aliphatic rings. The number of ketones is 1. The van der Waals surface area contributed by atoms with Gasteiger partial charge in [-0.2, -0.15) is 0 Å². The van der Waals surface area contributed by atoms with E-state index in [0.717, 1.165) is 0 Å². The van der Waals surface area contributed by atoms with E-state index in [2.05, 4.69) is 4.98 Å². The molecule has 1 aliphatic heterocycles. The number of nitrogens with one attached hydrogen (secondary N) is 1. The van der Waals surface area contributed by atoms with E-state index >= 15 is 0 Å². The number of methoxy groups -OCH3 is 1. The summed E-state index contributed by atoms with van der Waals surface area (Å²) in [5, 5.41) is 11.3. The Balaban J connectivity index is 2.17. The van der Waals surface area contributed by atoms with Crippen LogP contribution in [0.3, 0.4) is 0 Å². The molecule has 1 aromatic carbocycles. The van der Waals surface area contributed by atoms with Crippen LogP contribution in [0.5, 0.6) is 0 Å². The van der Waals surface area contributed by atoms with Crippen LogP contribution in [-0.4, -0.2) is 71.8 Å². The second-order valence-electron chi connectivity index (χ2n) is 8.32. The summed E-state index contributed by atoms with van der Waals surface area (Å²) in [6.07, 6.45) is 0.604. The molecule has 1 atom stereocenters. The fraction of sp³-hybridized carbons (Fsp3) is 0.375. The molecule has 176 valence electrons. The lowest BCUT2D eigenvalue weighted by Gasteiger charge is -2.26. The Kier molecular flexibility index (Phi) is 7.02. The Hall–Kier alpha value is -3.46. The molecule has 1 fully saturated rings. The lowest BCUT2D eigenvalue weighted by molar-refractivity contribution is -0.139. The molecule has 0 bridgehead atoms. The average molecular weight is 458 g/mol. The van der Waals surface area contributed by atoms with Gasteiger partial charge in [-0.1, -0.05) is 12.1 Å². The number of carbonyl (C=O) groups excluding carboxylic acids is 3. The first-order valence-electron chi connectivity index (χ1n) is 10.5. The van der Waals surface area contributed by atoms with Gasteiger partial charge in [0.15, 0.2) is 0 Å². The number of carbonyl (C=O) groups is 3. The van der Waals surface area contributed by atoms with Crippen LogP contribution in [0, 0.1) is 19.7 Å². The Morgan fingerprint density at radius 2 is 1.85 bits per heavy atom. The van der Waals surface area contributed by atoms with Crippen LogP contribution >= 0.6 is 0 Å². The van der Waals surface area contributed by atoms with E-state index in [4.69, 9.17) is 4.74 Å². The summed E-state index contributed by atoms with van der Waals surface area (Å²) in [5.74, 6) is -3.02. The molecule has 2 N–H and O–H groups in total. The van der Waals surface area contributed by atoms with Gasteiger partial charge in [0.2, 0.25) is 0 Å². The van der Waals surface area contributed by atoms with Crippen molar-refractivity contribution >= 4 is 23.4 Å². The topological polar surface area (TPSA) is 103 Å². The van der Waals surface area contributed by atoms with Crippen molar-refractivity contribution in [2.24, 2.45) is 0 Å². The maximum atomic E-state index is 13.6. The third-order valence-electron chi connectivity index (χ3n) is 5.79. The molecule has 0 spiro atoms. The number of amides is 1. The highest BCUT2D eigenvalue weighted by Gasteiger charge is 2.46. The highest BCUT2D eigenvalue weighted by Crippen LogP contribution is 2.41. The molecule has 0 aliphatic carbocycles. The van der Waals surface area contributed by atoms with Gasteiger partial charge in [-0.25, -0.2) is 9.18 Å². The van der Waals surface area contributed by atoms with Crippen molar-refractivity contribution in [1.29, 1.82) is 0 Å². The number of Topliss-reactive ketones (excluding diaryl/α,β-unsaturated/α-hetero) is 1. The van der Waals surface area contributed by atoms with Crippen LogP contribution in [0.2, 0.25) is 0 Å². The van der Waals surface area contributed by atoms with Crippen LogP contribution < -0.4 is 0 Å². The van der Waals surface area contributed by atoms with Gasteiger partial charge in [-0.3, -0.25) is 9.59 Å². The fourth-order valence-electron chi connectivity index (χ4n) is 4.21. The summed E-state index contributed by atoms with van der Waals surface area (Å²) >= 11 is 0. The Morgan fingerprint density at radius 3 is 2.42 bits per heavy atom. The number of hydrogen-bond donors (Lipinski definition) is 2. The van der Waals surface area contributed by atoms with Crippen molar-refractivity contribution in [2.75, 3.05) is 34.3 Å². The smallest absolute Gasteiger partial charge is 0.354 e. The number of halogens is 1. The number of nitrogens with zero attached hydrogens (tertiary/aromatic N) is 2. The molecule has 3 rings (SSSR count). The second-order valence-corrected chi connectivity index (χ2v) is 8.32. The number of esters is 1. The summed E-state index contributed by atoms with van der Waals surface area (Å²) in [5.41, 5.74) is 1.65. The molecule has 0 saturated carbocycles. The van der Waals surface area contributed by atoms with Crippen LogP contribution in [0.25, 0.3) is 5.76 Å².